The molecule has 140 valence electrons. The lowest BCUT2D eigenvalue weighted by atomic mass is 10.2. The van der Waals surface area contributed by atoms with Crippen LogP contribution in [0.15, 0.2) is 64.5 Å². The van der Waals surface area contributed by atoms with Crippen LogP contribution in [0.1, 0.15) is 25.8 Å². The average molecular weight is 364 g/mol. The van der Waals surface area contributed by atoms with E-state index in [9.17, 15) is 4.79 Å². The van der Waals surface area contributed by atoms with Gasteiger partial charge >= 0.3 is 0 Å². The van der Waals surface area contributed by atoms with Crippen LogP contribution in [0.2, 0.25) is 0 Å². The first-order chi connectivity index (χ1) is 13.1. The summed E-state index contributed by atoms with van der Waals surface area (Å²) in [5, 5.41) is 4.85. The van der Waals surface area contributed by atoms with Crippen molar-refractivity contribution in [1.29, 1.82) is 0 Å². The molecule has 0 radical (unpaired) electrons. The van der Waals surface area contributed by atoms with Crippen molar-refractivity contribution >= 4 is 23.1 Å². The van der Waals surface area contributed by atoms with Crippen molar-refractivity contribution in [2.75, 3.05) is 12.0 Å². The van der Waals surface area contributed by atoms with Crippen molar-refractivity contribution in [1.82, 2.24) is 9.55 Å². The van der Waals surface area contributed by atoms with E-state index in [-0.39, 0.29) is 11.7 Å². The van der Waals surface area contributed by atoms with E-state index in [1.807, 2.05) is 62.4 Å². The minimum absolute atomic E-state index is 0.0810. The molecule has 0 atom stereocenters. The molecule has 3 aromatic rings. The Morgan fingerprint density at radius 2 is 1.89 bits per heavy atom. The van der Waals surface area contributed by atoms with Crippen LogP contribution in [-0.2, 0) is 11.3 Å². The van der Waals surface area contributed by atoms with Gasteiger partial charge in [0.15, 0.2) is 0 Å². The van der Waals surface area contributed by atoms with Gasteiger partial charge in [-0.25, -0.2) is 10.4 Å². The van der Waals surface area contributed by atoms with Gasteiger partial charge in [-0.05, 0) is 38.0 Å². The maximum absolute atomic E-state index is 12.9. The van der Waals surface area contributed by atoms with E-state index in [2.05, 4.69) is 15.5 Å². The van der Waals surface area contributed by atoms with E-state index in [0.29, 0.717) is 30.0 Å². The molecule has 0 saturated carbocycles. The van der Waals surface area contributed by atoms with Crippen LogP contribution in [0.5, 0.6) is 0 Å². The van der Waals surface area contributed by atoms with Crippen LogP contribution in [-0.4, -0.2) is 28.5 Å². The van der Waals surface area contributed by atoms with Gasteiger partial charge in [-0.3, -0.25) is 9.36 Å². The molecule has 0 aliphatic rings. The molecule has 0 aliphatic heterocycles. The number of benzene rings is 2. The molecule has 0 spiro atoms. The van der Waals surface area contributed by atoms with Crippen molar-refractivity contribution in [3.05, 3.63) is 70.5 Å². The monoisotopic (exact) mass is 364 g/mol. The van der Waals surface area contributed by atoms with Gasteiger partial charge in [-0.2, -0.15) is 5.10 Å². The second-order valence-corrected chi connectivity index (χ2v) is 6.46. The molecule has 3 rings (SSSR count). The second-order valence-electron chi connectivity index (χ2n) is 6.46. The summed E-state index contributed by atoms with van der Waals surface area (Å²) in [5.41, 5.74) is 4.45. The van der Waals surface area contributed by atoms with Gasteiger partial charge in [0.2, 0.25) is 5.95 Å². The van der Waals surface area contributed by atoms with Crippen LogP contribution >= 0.6 is 0 Å². The van der Waals surface area contributed by atoms with E-state index in [4.69, 9.17) is 4.74 Å². The highest BCUT2D eigenvalue weighted by molar-refractivity contribution is 5.80. The third kappa shape index (κ3) is 5.01. The molecule has 1 N–H and O–H groups in total. The smallest absolute Gasteiger partial charge is 0.262 e. The van der Waals surface area contributed by atoms with Gasteiger partial charge in [0.1, 0.15) is 0 Å². The van der Waals surface area contributed by atoms with Crippen molar-refractivity contribution in [3.8, 4) is 0 Å². The zero-order valence-electron chi connectivity index (χ0n) is 15.6. The molecule has 0 aliphatic carbocycles. The van der Waals surface area contributed by atoms with Gasteiger partial charge < -0.3 is 4.74 Å². The second kappa shape index (κ2) is 9.09. The maximum atomic E-state index is 12.9. The van der Waals surface area contributed by atoms with E-state index >= 15 is 0 Å². The summed E-state index contributed by atoms with van der Waals surface area (Å²) in [7, 11) is 0. The van der Waals surface area contributed by atoms with Gasteiger partial charge in [0, 0.05) is 13.2 Å². The highest BCUT2D eigenvalue weighted by atomic mass is 16.5. The number of ether oxygens (including phenoxy) is 1. The quantitative estimate of drug-likeness (QED) is 0.376. The number of hydrazone groups is 1. The topological polar surface area (TPSA) is 68.5 Å². The van der Waals surface area contributed by atoms with Crippen LogP contribution in [0.25, 0.3) is 10.9 Å². The zero-order valence-corrected chi connectivity index (χ0v) is 15.6. The molecule has 1 heterocycles. The largest absolute Gasteiger partial charge is 0.379 e. The summed E-state index contributed by atoms with van der Waals surface area (Å²) in [6.45, 7) is 5.08. The summed E-state index contributed by atoms with van der Waals surface area (Å²) in [6.07, 6.45) is 2.59. The van der Waals surface area contributed by atoms with Crippen LogP contribution < -0.4 is 11.0 Å². The lowest BCUT2D eigenvalue weighted by molar-refractivity contribution is 0.0748. The SMILES string of the molecule is CC(C)OCCCn1c(N/N=C\c2ccccc2)nc2ccccc2c1=O. The summed E-state index contributed by atoms with van der Waals surface area (Å²) in [5.74, 6) is 0.426. The molecule has 1 aromatic heterocycles. The standard InChI is InChI=1S/C21H24N4O2/c1-16(2)27-14-8-13-25-20(26)18-11-6-7-12-19(18)23-21(25)24-22-15-17-9-4-3-5-10-17/h3-7,9-12,15-16H,8,13-14H2,1-2H3,(H,23,24)/b22-15-. The first kappa shape index (κ1) is 18.8. The summed E-state index contributed by atoms with van der Waals surface area (Å²) in [4.78, 5) is 17.5. The van der Waals surface area contributed by atoms with Gasteiger partial charge in [0.05, 0.1) is 23.2 Å². The Hall–Kier alpha value is -2.99. The molecular weight excluding hydrogens is 340 g/mol. The molecule has 2 aromatic carbocycles. The lowest BCUT2D eigenvalue weighted by Gasteiger charge is -2.13. The van der Waals surface area contributed by atoms with Crippen molar-refractivity contribution in [2.45, 2.75) is 32.9 Å². The minimum Gasteiger partial charge on any atom is -0.379 e. The van der Waals surface area contributed by atoms with Gasteiger partial charge in [-0.1, -0.05) is 42.5 Å². The Morgan fingerprint density at radius 3 is 2.67 bits per heavy atom. The summed E-state index contributed by atoms with van der Waals surface area (Å²) < 4.78 is 7.20. The number of anilines is 1. The molecule has 6 nitrogen and oxygen atoms in total. The molecule has 0 amide bonds. The number of para-hydroxylation sites is 1. The number of hydrogen-bond acceptors (Lipinski definition) is 5. The van der Waals surface area contributed by atoms with Gasteiger partial charge in [-0.15, -0.1) is 0 Å². The lowest BCUT2D eigenvalue weighted by Crippen LogP contribution is -2.25. The average Bonchev–Trinajstić information content (AvgIpc) is 2.68. The number of nitrogens with zero attached hydrogens (tertiary/aromatic N) is 3. The Morgan fingerprint density at radius 1 is 1.15 bits per heavy atom. The number of hydrogen-bond donors (Lipinski definition) is 1. The molecule has 6 heteroatoms. The fourth-order valence-corrected chi connectivity index (χ4v) is 2.71. The van der Waals surface area contributed by atoms with Crippen molar-refractivity contribution in [3.63, 3.8) is 0 Å². The zero-order chi connectivity index (χ0) is 19.1. The maximum Gasteiger partial charge on any atom is 0.262 e. The first-order valence-electron chi connectivity index (χ1n) is 9.10. The van der Waals surface area contributed by atoms with Crippen LogP contribution in [0.4, 0.5) is 5.95 Å². The number of nitrogens with one attached hydrogen (secondary N) is 1. The predicted octanol–water partition coefficient (Wildman–Crippen LogP) is 3.66. The molecule has 0 saturated heterocycles. The Kier molecular flexibility index (Phi) is 6.33. The third-order valence-corrected chi connectivity index (χ3v) is 4.02. The number of rotatable bonds is 8. The summed E-state index contributed by atoms with van der Waals surface area (Å²) >= 11 is 0. The normalized spacial score (nSPS) is 11.5. The number of aromatic nitrogens is 2. The molecule has 0 bridgehead atoms. The highest BCUT2D eigenvalue weighted by Gasteiger charge is 2.10. The van der Waals surface area contributed by atoms with Crippen LogP contribution in [0, 0.1) is 0 Å². The fraction of sp³-hybridized carbons (Fsp3) is 0.286. The van der Waals surface area contributed by atoms with Crippen molar-refractivity contribution < 1.29 is 4.74 Å². The number of fused-ring (bicyclic) bond motifs is 1. The Labute approximate surface area is 158 Å². The fourth-order valence-electron chi connectivity index (χ4n) is 2.71. The van der Waals surface area contributed by atoms with E-state index in [1.54, 1.807) is 16.8 Å². The highest BCUT2D eigenvalue weighted by Crippen LogP contribution is 2.12. The van der Waals surface area contributed by atoms with Crippen LogP contribution in [0.3, 0.4) is 0 Å². The molecule has 27 heavy (non-hydrogen) atoms. The molecule has 0 fully saturated rings. The van der Waals surface area contributed by atoms with E-state index in [1.165, 1.54) is 0 Å². The minimum atomic E-state index is -0.0810. The summed E-state index contributed by atoms with van der Waals surface area (Å²) in [6, 6.07) is 17.1. The Bertz CT molecular complexity index is 965. The van der Waals surface area contributed by atoms with E-state index < -0.39 is 0 Å². The first-order valence-corrected chi connectivity index (χ1v) is 9.10. The third-order valence-electron chi connectivity index (χ3n) is 4.02. The van der Waals surface area contributed by atoms with Gasteiger partial charge in [0.25, 0.3) is 5.56 Å². The molecule has 0 unspecified atom stereocenters. The Balaban J connectivity index is 1.85. The predicted molar refractivity (Wildman–Crippen MR) is 109 cm³/mol. The van der Waals surface area contributed by atoms with E-state index in [0.717, 1.165) is 12.0 Å². The van der Waals surface area contributed by atoms with Crippen molar-refractivity contribution in [2.24, 2.45) is 5.10 Å². The molecular formula is C21H24N4O2.